The van der Waals surface area contributed by atoms with Crippen molar-refractivity contribution in [1.82, 2.24) is 10.2 Å². The maximum Gasteiger partial charge on any atom is 0.0230 e. The summed E-state index contributed by atoms with van der Waals surface area (Å²) in [5.74, 6) is 0.917. The zero-order valence-corrected chi connectivity index (χ0v) is 10.4. The van der Waals surface area contributed by atoms with Crippen molar-refractivity contribution in [2.75, 3.05) is 26.7 Å². The van der Waals surface area contributed by atoms with Crippen LogP contribution in [0.4, 0.5) is 0 Å². The van der Waals surface area contributed by atoms with Gasteiger partial charge in [0.05, 0.1) is 0 Å². The molecule has 1 heterocycles. The standard InChI is InChI=1S/C14H22N2/c1-12-4-3-5-13(8-12)11-16(2)7-6-14-9-15-10-14/h3-5,8,14-15H,6-7,9-11H2,1-2H3. The van der Waals surface area contributed by atoms with Crippen LogP contribution in [0.5, 0.6) is 0 Å². The van der Waals surface area contributed by atoms with Gasteiger partial charge in [0.1, 0.15) is 0 Å². The zero-order valence-electron chi connectivity index (χ0n) is 10.4. The first kappa shape index (κ1) is 11.6. The third kappa shape index (κ3) is 3.32. The van der Waals surface area contributed by atoms with Crippen LogP contribution in [-0.4, -0.2) is 31.6 Å². The van der Waals surface area contributed by atoms with Gasteiger partial charge in [-0.15, -0.1) is 0 Å². The van der Waals surface area contributed by atoms with E-state index in [0.717, 1.165) is 12.5 Å². The Kier molecular flexibility index (Phi) is 3.97. The second-order valence-corrected chi connectivity index (χ2v) is 5.04. The van der Waals surface area contributed by atoms with E-state index in [1.54, 1.807) is 0 Å². The van der Waals surface area contributed by atoms with Gasteiger partial charge in [-0.25, -0.2) is 0 Å². The average Bonchev–Trinajstić information content (AvgIpc) is 2.15. The highest BCUT2D eigenvalue weighted by Gasteiger charge is 2.16. The molecule has 1 aromatic rings. The highest BCUT2D eigenvalue weighted by Crippen LogP contribution is 2.11. The molecule has 0 amide bonds. The molecule has 1 N–H and O–H groups in total. The van der Waals surface area contributed by atoms with Crippen molar-refractivity contribution < 1.29 is 0 Å². The Morgan fingerprint density at radius 1 is 1.38 bits per heavy atom. The fraction of sp³-hybridized carbons (Fsp3) is 0.571. The van der Waals surface area contributed by atoms with Crippen LogP contribution in [0.25, 0.3) is 0 Å². The van der Waals surface area contributed by atoms with Crippen molar-refractivity contribution in [3.63, 3.8) is 0 Å². The molecule has 0 unspecified atom stereocenters. The molecule has 1 aliphatic rings. The van der Waals surface area contributed by atoms with Crippen molar-refractivity contribution >= 4 is 0 Å². The summed E-state index contributed by atoms with van der Waals surface area (Å²) >= 11 is 0. The summed E-state index contributed by atoms with van der Waals surface area (Å²) in [5.41, 5.74) is 2.78. The Labute approximate surface area is 98.7 Å². The molecule has 2 rings (SSSR count). The van der Waals surface area contributed by atoms with Crippen LogP contribution in [-0.2, 0) is 6.54 Å². The van der Waals surface area contributed by atoms with E-state index < -0.39 is 0 Å². The number of hydrogen-bond acceptors (Lipinski definition) is 2. The van der Waals surface area contributed by atoms with E-state index in [1.165, 1.54) is 37.2 Å². The van der Waals surface area contributed by atoms with E-state index >= 15 is 0 Å². The van der Waals surface area contributed by atoms with Gasteiger partial charge in [-0.3, -0.25) is 0 Å². The number of nitrogens with zero attached hydrogens (tertiary/aromatic N) is 1. The van der Waals surface area contributed by atoms with Gasteiger partial charge >= 0.3 is 0 Å². The Bertz CT molecular complexity index is 331. The molecule has 0 saturated carbocycles. The molecule has 0 radical (unpaired) electrons. The number of rotatable bonds is 5. The molecule has 88 valence electrons. The van der Waals surface area contributed by atoms with Crippen LogP contribution < -0.4 is 5.32 Å². The molecule has 2 nitrogen and oxygen atoms in total. The molecule has 0 aromatic heterocycles. The average molecular weight is 218 g/mol. The van der Waals surface area contributed by atoms with E-state index in [0.29, 0.717) is 0 Å². The van der Waals surface area contributed by atoms with Gasteiger partial charge in [-0.1, -0.05) is 29.8 Å². The summed E-state index contributed by atoms with van der Waals surface area (Å²) in [4.78, 5) is 2.42. The minimum absolute atomic E-state index is 0.917. The predicted octanol–water partition coefficient (Wildman–Crippen LogP) is 2.04. The maximum absolute atomic E-state index is 3.32. The van der Waals surface area contributed by atoms with Crippen molar-refractivity contribution in [3.05, 3.63) is 35.4 Å². The first-order chi connectivity index (χ1) is 7.74. The topological polar surface area (TPSA) is 15.3 Å². The highest BCUT2D eigenvalue weighted by molar-refractivity contribution is 5.21. The molecule has 1 saturated heterocycles. The third-order valence-corrected chi connectivity index (χ3v) is 3.32. The molecule has 0 bridgehead atoms. The van der Waals surface area contributed by atoms with E-state index in [4.69, 9.17) is 0 Å². The van der Waals surface area contributed by atoms with Crippen LogP contribution in [0.15, 0.2) is 24.3 Å². The summed E-state index contributed by atoms with van der Waals surface area (Å²) in [6.07, 6.45) is 1.33. The lowest BCUT2D eigenvalue weighted by Gasteiger charge is -2.29. The quantitative estimate of drug-likeness (QED) is 0.813. The van der Waals surface area contributed by atoms with Gasteiger partial charge in [-0.2, -0.15) is 0 Å². The summed E-state index contributed by atoms with van der Waals surface area (Å²) < 4.78 is 0. The van der Waals surface area contributed by atoms with Gasteiger partial charge in [0, 0.05) is 6.54 Å². The van der Waals surface area contributed by atoms with Crippen LogP contribution in [0.2, 0.25) is 0 Å². The number of benzene rings is 1. The minimum atomic E-state index is 0.917. The van der Waals surface area contributed by atoms with Crippen LogP contribution in [0.3, 0.4) is 0 Å². The monoisotopic (exact) mass is 218 g/mol. The Morgan fingerprint density at radius 3 is 2.81 bits per heavy atom. The fourth-order valence-electron chi connectivity index (χ4n) is 2.16. The predicted molar refractivity (Wildman–Crippen MR) is 68.5 cm³/mol. The van der Waals surface area contributed by atoms with Gasteiger partial charge in [-0.05, 0) is 51.5 Å². The molecule has 16 heavy (non-hydrogen) atoms. The molecule has 0 aliphatic carbocycles. The van der Waals surface area contributed by atoms with E-state index in [1.807, 2.05) is 0 Å². The van der Waals surface area contributed by atoms with Crippen LogP contribution in [0, 0.1) is 12.8 Å². The Morgan fingerprint density at radius 2 is 2.19 bits per heavy atom. The SMILES string of the molecule is Cc1cccc(CN(C)CCC2CNC2)c1. The van der Waals surface area contributed by atoms with Gasteiger partial charge < -0.3 is 10.2 Å². The van der Waals surface area contributed by atoms with Crippen molar-refractivity contribution in [2.24, 2.45) is 5.92 Å². The number of hydrogen-bond donors (Lipinski definition) is 1. The molecule has 1 aliphatic heterocycles. The zero-order chi connectivity index (χ0) is 11.4. The van der Waals surface area contributed by atoms with Crippen LogP contribution in [0.1, 0.15) is 17.5 Å². The smallest absolute Gasteiger partial charge is 0.0230 e. The van der Waals surface area contributed by atoms with Crippen molar-refractivity contribution in [1.29, 1.82) is 0 Å². The third-order valence-electron chi connectivity index (χ3n) is 3.32. The van der Waals surface area contributed by atoms with E-state index in [-0.39, 0.29) is 0 Å². The van der Waals surface area contributed by atoms with Gasteiger partial charge in [0.25, 0.3) is 0 Å². The highest BCUT2D eigenvalue weighted by atomic mass is 15.1. The second kappa shape index (κ2) is 5.46. The summed E-state index contributed by atoms with van der Waals surface area (Å²) in [7, 11) is 2.22. The minimum Gasteiger partial charge on any atom is -0.316 e. The van der Waals surface area contributed by atoms with Gasteiger partial charge in [0.2, 0.25) is 0 Å². The lowest BCUT2D eigenvalue weighted by molar-refractivity contribution is 0.252. The largest absolute Gasteiger partial charge is 0.316 e. The van der Waals surface area contributed by atoms with Crippen molar-refractivity contribution in [2.45, 2.75) is 19.9 Å². The molecular weight excluding hydrogens is 196 g/mol. The second-order valence-electron chi connectivity index (χ2n) is 5.04. The summed E-state index contributed by atoms with van der Waals surface area (Å²) in [6.45, 7) is 6.88. The lowest BCUT2D eigenvalue weighted by Crippen LogP contribution is -2.43. The normalized spacial score (nSPS) is 16.4. The first-order valence-electron chi connectivity index (χ1n) is 6.19. The number of nitrogens with one attached hydrogen (secondary N) is 1. The molecular formula is C14H22N2. The molecule has 0 spiro atoms. The fourth-order valence-corrected chi connectivity index (χ4v) is 2.16. The Hall–Kier alpha value is -0.860. The van der Waals surface area contributed by atoms with Crippen LogP contribution >= 0.6 is 0 Å². The molecule has 1 fully saturated rings. The number of aryl methyl sites for hydroxylation is 1. The molecule has 0 atom stereocenters. The molecule has 1 aromatic carbocycles. The van der Waals surface area contributed by atoms with E-state index in [9.17, 15) is 0 Å². The van der Waals surface area contributed by atoms with Crippen molar-refractivity contribution in [3.8, 4) is 0 Å². The van der Waals surface area contributed by atoms with E-state index in [2.05, 4.69) is 48.5 Å². The lowest BCUT2D eigenvalue weighted by atomic mass is 9.99. The van der Waals surface area contributed by atoms with Gasteiger partial charge in [0.15, 0.2) is 0 Å². The Balaban J connectivity index is 1.75. The summed E-state index contributed by atoms with van der Waals surface area (Å²) in [6, 6.07) is 8.80. The first-order valence-corrected chi connectivity index (χ1v) is 6.19. The maximum atomic E-state index is 3.32. The molecule has 2 heteroatoms. The summed E-state index contributed by atoms with van der Waals surface area (Å²) in [5, 5.41) is 3.32.